The van der Waals surface area contributed by atoms with Crippen molar-refractivity contribution in [1.29, 1.82) is 0 Å². The van der Waals surface area contributed by atoms with Crippen LogP contribution in [0.4, 0.5) is 0 Å². The van der Waals surface area contributed by atoms with Gasteiger partial charge in [-0.1, -0.05) is 72.8 Å². The summed E-state index contributed by atoms with van der Waals surface area (Å²) in [5.41, 5.74) is 6.97. The quantitative estimate of drug-likeness (QED) is 0.718. The van der Waals surface area contributed by atoms with Gasteiger partial charge in [-0.05, 0) is 34.9 Å². The van der Waals surface area contributed by atoms with E-state index in [1.807, 2.05) is 78.9 Å². The van der Waals surface area contributed by atoms with E-state index in [1.54, 1.807) is 6.07 Å². The van der Waals surface area contributed by atoms with Gasteiger partial charge in [0.1, 0.15) is 6.04 Å². The number of nitrogens with one attached hydrogen (secondary N) is 1. The van der Waals surface area contributed by atoms with Crippen LogP contribution in [0.3, 0.4) is 0 Å². The molecule has 130 valence electrons. The number of carbonyl (C=O) groups is 2. The third-order valence-corrected chi connectivity index (χ3v) is 4.14. The van der Waals surface area contributed by atoms with Gasteiger partial charge < -0.3 is 11.1 Å². The summed E-state index contributed by atoms with van der Waals surface area (Å²) in [4.78, 5) is 24.2. The molecule has 0 aromatic heterocycles. The van der Waals surface area contributed by atoms with E-state index in [2.05, 4.69) is 5.32 Å². The van der Waals surface area contributed by atoms with E-state index in [-0.39, 0.29) is 5.91 Å². The summed E-state index contributed by atoms with van der Waals surface area (Å²) in [6.45, 7) is 0. The van der Waals surface area contributed by atoms with Gasteiger partial charge >= 0.3 is 0 Å². The summed E-state index contributed by atoms with van der Waals surface area (Å²) < 4.78 is 0. The molecule has 0 aliphatic carbocycles. The van der Waals surface area contributed by atoms with Crippen LogP contribution in [-0.2, 0) is 4.79 Å². The number of primary amides is 1. The number of nitrogens with two attached hydrogens (primary N) is 1. The molecule has 0 saturated heterocycles. The van der Waals surface area contributed by atoms with Crippen molar-refractivity contribution in [1.82, 2.24) is 5.32 Å². The second-order valence-corrected chi connectivity index (χ2v) is 6.04. The normalized spacial score (nSPS) is 12.2. The van der Waals surface area contributed by atoms with E-state index in [0.29, 0.717) is 12.0 Å². The van der Waals surface area contributed by atoms with Gasteiger partial charge in [0.05, 0.1) is 0 Å². The van der Waals surface area contributed by atoms with Gasteiger partial charge in [-0.2, -0.15) is 0 Å². The number of amides is 2. The van der Waals surface area contributed by atoms with Crippen LogP contribution in [0.2, 0.25) is 0 Å². The minimum Gasteiger partial charge on any atom is -0.368 e. The fourth-order valence-electron chi connectivity index (χ4n) is 2.72. The minimum absolute atomic E-state index is 0.312. The van der Waals surface area contributed by atoms with Crippen molar-refractivity contribution in [3.05, 3.63) is 90.0 Å². The Kier molecular flexibility index (Phi) is 5.44. The first kappa shape index (κ1) is 17.4. The summed E-state index contributed by atoms with van der Waals surface area (Å²) in [5.74, 6) is -0.871. The molecule has 3 aromatic rings. The summed E-state index contributed by atoms with van der Waals surface area (Å²) in [6, 6.07) is 22.2. The summed E-state index contributed by atoms with van der Waals surface area (Å²) in [6.07, 6.45) is 4.08. The highest BCUT2D eigenvalue weighted by Gasteiger charge is 2.17. The fourth-order valence-corrected chi connectivity index (χ4v) is 2.72. The van der Waals surface area contributed by atoms with E-state index < -0.39 is 11.9 Å². The van der Waals surface area contributed by atoms with Crippen LogP contribution in [0.25, 0.3) is 16.8 Å². The first-order valence-electron chi connectivity index (χ1n) is 8.44. The maximum absolute atomic E-state index is 12.5. The Labute approximate surface area is 152 Å². The first-order chi connectivity index (χ1) is 12.6. The maximum Gasteiger partial charge on any atom is 0.251 e. The monoisotopic (exact) mass is 344 g/mol. The Morgan fingerprint density at radius 1 is 0.923 bits per heavy atom. The van der Waals surface area contributed by atoms with Gasteiger partial charge in [0.15, 0.2) is 0 Å². The van der Waals surface area contributed by atoms with Crippen LogP contribution in [0.5, 0.6) is 0 Å². The van der Waals surface area contributed by atoms with Crippen molar-refractivity contribution in [3.63, 3.8) is 0 Å². The molecule has 0 unspecified atom stereocenters. The maximum atomic E-state index is 12.5. The largest absolute Gasteiger partial charge is 0.368 e. The average Bonchev–Trinajstić information content (AvgIpc) is 2.67. The minimum atomic E-state index is -0.756. The highest BCUT2D eigenvalue weighted by atomic mass is 16.2. The number of hydrogen-bond acceptors (Lipinski definition) is 2. The van der Waals surface area contributed by atoms with Crippen LogP contribution in [0, 0.1) is 0 Å². The van der Waals surface area contributed by atoms with E-state index >= 15 is 0 Å². The molecule has 4 nitrogen and oxygen atoms in total. The summed E-state index contributed by atoms with van der Waals surface area (Å²) in [5, 5.41) is 4.75. The zero-order valence-electron chi connectivity index (χ0n) is 14.3. The molecule has 0 aliphatic rings. The van der Waals surface area contributed by atoms with Gasteiger partial charge in [0.2, 0.25) is 5.91 Å². The van der Waals surface area contributed by atoms with Crippen LogP contribution in [-0.4, -0.2) is 17.9 Å². The topological polar surface area (TPSA) is 72.2 Å². The molecule has 2 amide bonds. The lowest BCUT2D eigenvalue weighted by molar-refractivity contribution is -0.119. The highest BCUT2D eigenvalue weighted by Crippen LogP contribution is 2.16. The summed E-state index contributed by atoms with van der Waals surface area (Å²) >= 11 is 0. The van der Waals surface area contributed by atoms with Crippen LogP contribution in [0.1, 0.15) is 22.3 Å². The lowest BCUT2D eigenvalue weighted by Gasteiger charge is -2.14. The Hall–Kier alpha value is -3.40. The highest BCUT2D eigenvalue weighted by molar-refractivity contribution is 6.00. The number of fused-ring (bicyclic) bond motifs is 1. The first-order valence-corrected chi connectivity index (χ1v) is 8.44. The van der Waals surface area contributed by atoms with Crippen molar-refractivity contribution < 1.29 is 9.59 Å². The molecule has 0 bridgehead atoms. The second kappa shape index (κ2) is 8.12. The predicted octanol–water partition coefficient (Wildman–Crippen LogP) is 3.53. The molecule has 3 rings (SSSR count). The van der Waals surface area contributed by atoms with E-state index in [9.17, 15) is 9.59 Å². The molecule has 0 saturated carbocycles. The Morgan fingerprint density at radius 2 is 1.62 bits per heavy atom. The van der Waals surface area contributed by atoms with Crippen LogP contribution < -0.4 is 11.1 Å². The molecule has 3 N–H and O–H groups in total. The SMILES string of the molecule is NC(=O)[C@@H](C/C=C/c1ccccc1)NC(=O)c1ccc2ccccc2c1. The van der Waals surface area contributed by atoms with Crippen molar-refractivity contribution in [2.24, 2.45) is 5.73 Å². The molecule has 0 radical (unpaired) electrons. The molecule has 0 spiro atoms. The van der Waals surface area contributed by atoms with Gasteiger partial charge in [0, 0.05) is 5.56 Å². The molecular weight excluding hydrogens is 324 g/mol. The third-order valence-electron chi connectivity index (χ3n) is 4.14. The molecular formula is C22H20N2O2. The van der Waals surface area contributed by atoms with Gasteiger partial charge in [0.25, 0.3) is 5.91 Å². The summed E-state index contributed by atoms with van der Waals surface area (Å²) in [7, 11) is 0. The third kappa shape index (κ3) is 4.36. The zero-order valence-corrected chi connectivity index (χ0v) is 14.3. The standard InChI is InChI=1S/C22H20N2O2/c23-21(25)20(12-6-9-16-7-2-1-3-8-16)24-22(26)19-14-13-17-10-4-5-11-18(17)15-19/h1-11,13-15,20H,12H2,(H2,23,25)(H,24,26)/b9-6+/t20-/m1/s1. The molecule has 4 heteroatoms. The van der Waals surface area contributed by atoms with Crippen LogP contribution >= 0.6 is 0 Å². The van der Waals surface area contributed by atoms with Gasteiger partial charge in [-0.15, -0.1) is 0 Å². The number of carbonyl (C=O) groups excluding carboxylic acids is 2. The Bertz CT molecular complexity index is 949. The van der Waals surface area contributed by atoms with Gasteiger partial charge in [-0.3, -0.25) is 9.59 Å². The van der Waals surface area contributed by atoms with Crippen molar-refractivity contribution in [2.45, 2.75) is 12.5 Å². The van der Waals surface area contributed by atoms with Crippen molar-refractivity contribution >= 4 is 28.7 Å². The molecule has 26 heavy (non-hydrogen) atoms. The lowest BCUT2D eigenvalue weighted by Crippen LogP contribution is -2.44. The Morgan fingerprint density at radius 3 is 2.35 bits per heavy atom. The van der Waals surface area contributed by atoms with Crippen molar-refractivity contribution in [2.75, 3.05) is 0 Å². The second-order valence-electron chi connectivity index (χ2n) is 6.04. The smallest absolute Gasteiger partial charge is 0.251 e. The molecule has 1 atom stereocenters. The number of hydrogen-bond donors (Lipinski definition) is 2. The molecule has 0 aliphatic heterocycles. The molecule has 3 aromatic carbocycles. The zero-order chi connectivity index (χ0) is 18.4. The average molecular weight is 344 g/mol. The van der Waals surface area contributed by atoms with Gasteiger partial charge in [-0.25, -0.2) is 0 Å². The Balaban J connectivity index is 1.69. The van der Waals surface area contributed by atoms with E-state index in [1.165, 1.54) is 0 Å². The van der Waals surface area contributed by atoms with Crippen molar-refractivity contribution in [3.8, 4) is 0 Å². The molecule has 0 heterocycles. The number of benzene rings is 3. The lowest BCUT2D eigenvalue weighted by atomic mass is 10.1. The fraction of sp³-hybridized carbons (Fsp3) is 0.0909. The predicted molar refractivity (Wildman–Crippen MR) is 104 cm³/mol. The van der Waals surface area contributed by atoms with Crippen LogP contribution in [0.15, 0.2) is 78.9 Å². The van der Waals surface area contributed by atoms with E-state index in [0.717, 1.165) is 16.3 Å². The number of rotatable bonds is 6. The molecule has 0 fully saturated rings. The van der Waals surface area contributed by atoms with E-state index in [4.69, 9.17) is 5.73 Å².